The van der Waals surface area contributed by atoms with Gasteiger partial charge in [-0.05, 0) is 48.5 Å². The van der Waals surface area contributed by atoms with Gasteiger partial charge in [0.15, 0.2) is 0 Å². The van der Waals surface area contributed by atoms with Gasteiger partial charge in [-0.2, -0.15) is 0 Å². The minimum Gasteiger partial charge on any atom is -0.456 e. The normalized spacial score (nSPS) is 11.8. The molecule has 0 radical (unpaired) electrons. The molecule has 0 amide bonds. The maximum Gasteiger partial charge on any atom is 0.137 e. The molecule has 0 fully saturated rings. The lowest BCUT2D eigenvalue weighted by Crippen LogP contribution is -1.93. The van der Waals surface area contributed by atoms with Crippen LogP contribution in [-0.2, 0) is 0 Å². The molecule has 6 aromatic carbocycles. The fourth-order valence-corrected chi connectivity index (χ4v) is 6.43. The van der Waals surface area contributed by atoms with Crippen molar-refractivity contribution in [2.75, 3.05) is 0 Å². The second-order valence-electron chi connectivity index (χ2n) is 10.2. The molecule has 9 rings (SSSR count). The molecule has 0 aliphatic heterocycles. The molecule has 0 saturated heterocycles. The number of nitrogens with zero attached hydrogens (tertiary/aromatic N) is 2. The summed E-state index contributed by atoms with van der Waals surface area (Å²) in [6, 6.07) is 47.6. The molecular weight excluding hydrogens is 488 g/mol. The topological polar surface area (TPSA) is 23.0 Å². The van der Waals surface area contributed by atoms with E-state index in [1.807, 2.05) is 0 Å². The summed E-state index contributed by atoms with van der Waals surface area (Å²) < 4.78 is 11.2. The van der Waals surface area contributed by atoms with Gasteiger partial charge < -0.3 is 13.6 Å². The predicted molar refractivity (Wildman–Crippen MR) is 169 cm³/mol. The summed E-state index contributed by atoms with van der Waals surface area (Å²) in [6.07, 6.45) is 0. The minimum absolute atomic E-state index is 0. The molecule has 3 aromatic heterocycles. The monoisotopic (exact) mass is 514 g/mol. The third-order valence-corrected chi connectivity index (χ3v) is 8.12. The summed E-state index contributed by atoms with van der Waals surface area (Å²) >= 11 is 0. The summed E-state index contributed by atoms with van der Waals surface area (Å²) in [4.78, 5) is 0. The Morgan fingerprint density at radius 2 is 0.675 bits per heavy atom. The zero-order valence-electron chi connectivity index (χ0n) is 21.0. The lowest BCUT2D eigenvalue weighted by Gasteiger charge is -2.07. The van der Waals surface area contributed by atoms with Crippen LogP contribution in [0.5, 0.6) is 0 Å². The van der Waals surface area contributed by atoms with Gasteiger partial charge in [-0.3, -0.25) is 0 Å². The van der Waals surface area contributed by atoms with E-state index >= 15 is 0 Å². The van der Waals surface area contributed by atoms with Gasteiger partial charge in [0.05, 0.1) is 22.1 Å². The zero-order chi connectivity index (χ0) is 25.5. The van der Waals surface area contributed by atoms with Crippen LogP contribution < -0.4 is 0 Å². The molecule has 0 bridgehead atoms. The van der Waals surface area contributed by atoms with E-state index in [0.717, 1.165) is 33.3 Å². The number of hydrogen-bond donors (Lipinski definition) is 0. The van der Waals surface area contributed by atoms with Crippen molar-refractivity contribution in [3.05, 3.63) is 133 Å². The minimum atomic E-state index is 0. The molecular formula is C37H26N2O. The average Bonchev–Trinajstić information content (AvgIpc) is 3.64. The summed E-state index contributed by atoms with van der Waals surface area (Å²) in [5.74, 6) is 0. The molecule has 9 aromatic rings. The first kappa shape index (κ1) is 22.7. The summed E-state index contributed by atoms with van der Waals surface area (Å²) in [5, 5.41) is 7.29. The molecule has 0 saturated carbocycles. The first-order valence-electron chi connectivity index (χ1n) is 13.3. The largest absolute Gasteiger partial charge is 0.456 e. The van der Waals surface area contributed by atoms with Crippen molar-refractivity contribution in [1.82, 2.24) is 9.13 Å². The highest BCUT2D eigenvalue weighted by Crippen LogP contribution is 2.37. The highest BCUT2D eigenvalue weighted by Gasteiger charge is 2.16. The van der Waals surface area contributed by atoms with E-state index in [1.54, 1.807) is 0 Å². The molecule has 40 heavy (non-hydrogen) atoms. The molecule has 0 unspecified atom stereocenters. The van der Waals surface area contributed by atoms with E-state index in [4.69, 9.17) is 4.42 Å². The fourth-order valence-electron chi connectivity index (χ4n) is 6.43. The Balaban J connectivity index is 0.00000245. The maximum absolute atomic E-state index is 6.55. The van der Waals surface area contributed by atoms with Crippen LogP contribution in [-0.4, -0.2) is 9.13 Å². The van der Waals surface area contributed by atoms with Crippen LogP contribution in [0, 0.1) is 0 Å². The van der Waals surface area contributed by atoms with Gasteiger partial charge in [0, 0.05) is 55.8 Å². The van der Waals surface area contributed by atoms with Crippen LogP contribution in [0.3, 0.4) is 0 Å². The number of furan rings is 1. The van der Waals surface area contributed by atoms with Crippen LogP contribution in [0.2, 0.25) is 0 Å². The smallest absolute Gasteiger partial charge is 0.137 e. The molecule has 0 aliphatic carbocycles. The molecule has 0 aliphatic rings. The highest BCUT2D eigenvalue weighted by atomic mass is 16.3. The van der Waals surface area contributed by atoms with Gasteiger partial charge >= 0.3 is 0 Å². The van der Waals surface area contributed by atoms with Crippen molar-refractivity contribution < 1.29 is 4.42 Å². The Morgan fingerprint density at radius 1 is 0.350 bits per heavy atom. The van der Waals surface area contributed by atoms with Crippen molar-refractivity contribution in [3.63, 3.8) is 0 Å². The summed E-state index contributed by atoms with van der Waals surface area (Å²) in [6.45, 7) is 0. The van der Waals surface area contributed by atoms with E-state index in [0.29, 0.717) is 0 Å². The number of hydrogen-bond acceptors (Lipinski definition) is 1. The molecule has 3 heteroatoms. The highest BCUT2D eigenvalue weighted by molar-refractivity contribution is 6.11. The van der Waals surface area contributed by atoms with Crippen LogP contribution in [0.15, 0.2) is 138 Å². The van der Waals surface area contributed by atoms with Crippen LogP contribution in [0.4, 0.5) is 0 Å². The van der Waals surface area contributed by atoms with Gasteiger partial charge in [-0.1, -0.05) is 80.2 Å². The van der Waals surface area contributed by atoms with E-state index in [1.165, 1.54) is 43.6 Å². The number of aromatic nitrogens is 2. The van der Waals surface area contributed by atoms with Crippen LogP contribution in [0.25, 0.3) is 76.9 Å². The van der Waals surface area contributed by atoms with Gasteiger partial charge in [-0.15, -0.1) is 0 Å². The van der Waals surface area contributed by atoms with Crippen molar-refractivity contribution in [1.29, 1.82) is 0 Å². The van der Waals surface area contributed by atoms with E-state index in [-0.39, 0.29) is 7.43 Å². The Kier molecular flexibility index (Phi) is 4.74. The van der Waals surface area contributed by atoms with Crippen molar-refractivity contribution in [2.45, 2.75) is 7.43 Å². The Morgan fingerprint density at radius 3 is 1.02 bits per heavy atom. The standard InChI is InChI=1S/C36H22N2O.CH4/c1-5-13-31-25(9-1)26-10-2-6-14-32(26)37(31)23-17-19-29-30-20-18-24(22-36(30)39-35(29)21-23)38-33-15-7-3-11-27(33)28-12-4-8-16-34(28)38;/h1-22H;1H4. The van der Waals surface area contributed by atoms with Gasteiger partial charge in [0.25, 0.3) is 0 Å². The number of rotatable bonds is 2. The quantitative estimate of drug-likeness (QED) is 0.225. The maximum atomic E-state index is 6.55. The Labute approximate surface area is 231 Å². The molecule has 3 nitrogen and oxygen atoms in total. The van der Waals surface area contributed by atoms with Crippen molar-refractivity contribution in [3.8, 4) is 11.4 Å². The van der Waals surface area contributed by atoms with E-state index in [2.05, 4.69) is 143 Å². The average molecular weight is 515 g/mol. The number of fused-ring (bicyclic) bond motifs is 9. The molecule has 0 spiro atoms. The van der Waals surface area contributed by atoms with E-state index < -0.39 is 0 Å². The second kappa shape index (κ2) is 8.36. The van der Waals surface area contributed by atoms with Crippen LogP contribution >= 0.6 is 0 Å². The number of para-hydroxylation sites is 4. The molecule has 3 heterocycles. The zero-order valence-corrected chi connectivity index (χ0v) is 21.0. The Hall–Kier alpha value is -5.28. The first-order chi connectivity index (χ1) is 19.3. The molecule has 0 N–H and O–H groups in total. The lowest BCUT2D eigenvalue weighted by molar-refractivity contribution is 0.668. The third-order valence-electron chi connectivity index (χ3n) is 8.12. The fraction of sp³-hybridized carbons (Fsp3) is 0.0270. The molecule has 0 atom stereocenters. The third kappa shape index (κ3) is 3.00. The lowest BCUT2D eigenvalue weighted by atomic mass is 10.1. The predicted octanol–water partition coefficient (Wildman–Crippen LogP) is 10.4. The van der Waals surface area contributed by atoms with E-state index in [9.17, 15) is 0 Å². The van der Waals surface area contributed by atoms with Crippen LogP contribution in [0.1, 0.15) is 7.43 Å². The second-order valence-corrected chi connectivity index (χ2v) is 10.2. The summed E-state index contributed by atoms with van der Waals surface area (Å²) in [5.41, 5.74) is 8.77. The number of benzene rings is 6. The van der Waals surface area contributed by atoms with Gasteiger partial charge in [0.2, 0.25) is 0 Å². The van der Waals surface area contributed by atoms with Gasteiger partial charge in [-0.25, -0.2) is 0 Å². The van der Waals surface area contributed by atoms with Crippen molar-refractivity contribution in [2.24, 2.45) is 0 Å². The molecule has 190 valence electrons. The summed E-state index contributed by atoms with van der Waals surface area (Å²) in [7, 11) is 0. The SMILES string of the molecule is C.c1ccc2c(c1)c1ccccc1n2-c1ccc2c(c1)oc1cc(-n3c4ccccc4c4ccccc43)ccc12. The van der Waals surface area contributed by atoms with Gasteiger partial charge in [0.1, 0.15) is 11.2 Å². The first-order valence-corrected chi connectivity index (χ1v) is 13.3. The van der Waals surface area contributed by atoms with Crippen molar-refractivity contribution >= 4 is 65.6 Å². The Bertz CT molecular complexity index is 2120.